The third-order valence-electron chi connectivity index (χ3n) is 12.4. The van der Waals surface area contributed by atoms with Gasteiger partial charge in [-0.1, -0.05) is 83.9 Å². The Labute approximate surface area is 389 Å². The predicted molar refractivity (Wildman–Crippen MR) is 250 cm³/mol. The minimum Gasteiger partial charge on any atom is -0.495 e. The number of halogens is 1. The Morgan fingerprint density at radius 3 is 2.34 bits per heavy atom. The van der Waals surface area contributed by atoms with E-state index in [2.05, 4.69) is 26.1 Å². The molecule has 8 atom stereocenters. The Kier molecular flexibility index (Phi) is 19.6. The lowest BCUT2D eigenvalue weighted by Crippen LogP contribution is -2.64. The first kappa shape index (κ1) is 54.5. The molecule has 0 saturated carbocycles. The number of alkyl carbamates (subject to hydrolysis) is 1. The summed E-state index contributed by atoms with van der Waals surface area (Å²) in [7, 11) is 7.71. The summed E-state index contributed by atoms with van der Waals surface area (Å²) in [6.07, 6.45) is 0.878. The van der Waals surface area contributed by atoms with Gasteiger partial charge in [0, 0.05) is 64.2 Å². The van der Waals surface area contributed by atoms with Gasteiger partial charge in [-0.05, 0) is 56.2 Å². The molecule has 1 fully saturated rings. The second-order valence-corrected chi connectivity index (χ2v) is 21.3. The lowest BCUT2D eigenvalue weighted by atomic mass is 9.81. The van der Waals surface area contributed by atoms with E-state index in [-0.39, 0.29) is 40.8 Å². The molecule has 1 aromatic rings. The molecule has 64 heavy (non-hydrogen) atoms. The number of thioether (sulfide) groups is 1. The van der Waals surface area contributed by atoms with E-state index in [0.717, 1.165) is 17.6 Å². The number of allylic oxidation sites excluding steroid dienone is 3. The minimum atomic E-state index is -1.92. The number of likely N-dealkylation sites (N-methyl/N-ethyl adjacent to an activating group) is 1. The highest BCUT2D eigenvalue weighted by Crippen LogP contribution is 2.38. The molecule has 17 heteroatoms. The van der Waals surface area contributed by atoms with Crippen LogP contribution in [0.15, 0.2) is 35.9 Å². The number of nitrogens with one attached hydrogen (secondary N) is 1. The molecule has 0 unspecified atom stereocenters. The van der Waals surface area contributed by atoms with Crippen molar-refractivity contribution in [3.05, 3.63) is 46.5 Å². The van der Waals surface area contributed by atoms with E-state index < -0.39 is 77.2 Å². The van der Waals surface area contributed by atoms with Crippen molar-refractivity contribution < 1.29 is 53.1 Å². The highest BCUT2D eigenvalue weighted by atomic mass is 35.5. The maximum atomic E-state index is 14.2. The van der Waals surface area contributed by atoms with E-state index in [1.54, 1.807) is 57.1 Å². The molecule has 3 N–H and O–H groups in total. The number of amides is 4. The molecule has 2 aliphatic rings. The number of nitrogens with zero attached hydrogens (tertiary/aromatic N) is 3. The fourth-order valence-electron chi connectivity index (χ4n) is 7.46. The van der Waals surface area contributed by atoms with E-state index in [4.69, 9.17) is 30.5 Å². The fourth-order valence-corrected chi connectivity index (χ4v) is 8.76. The summed E-state index contributed by atoms with van der Waals surface area (Å²) in [4.78, 5) is 71.9. The van der Waals surface area contributed by atoms with Gasteiger partial charge in [-0.2, -0.15) is 0 Å². The van der Waals surface area contributed by atoms with Crippen molar-refractivity contribution in [2.24, 2.45) is 17.3 Å². The Bertz CT molecular complexity index is 1890. The van der Waals surface area contributed by atoms with Crippen LogP contribution < -0.4 is 15.0 Å². The molecule has 0 spiro atoms. The number of fused-ring (bicyclic) bond motifs is 4. The summed E-state index contributed by atoms with van der Waals surface area (Å²) in [5, 5.41) is 26.4. The molecule has 15 nitrogen and oxygen atoms in total. The number of aliphatic hydroxyl groups excluding tert-OH is 1. The molecular formula is C47H73ClN4O11S. The lowest BCUT2D eigenvalue weighted by molar-refractivity contribution is -0.167. The lowest BCUT2D eigenvalue weighted by Gasteiger charge is -2.43. The average molecular weight is 938 g/mol. The molecule has 2 heterocycles. The molecule has 4 bridgehead atoms. The molecule has 4 amide bonds. The molecule has 3 rings (SSSR count). The maximum Gasteiger partial charge on any atom is 0.409 e. The van der Waals surface area contributed by atoms with Gasteiger partial charge in [-0.3, -0.25) is 19.7 Å². The fraction of sp³-hybridized carbons (Fsp3) is 0.681. The van der Waals surface area contributed by atoms with Crippen LogP contribution in [0.2, 0.25) is 5.02 Å². The summed E-state index contributed by atoms with van der Waals surface area (Å²) < 4.78 is 22.5. The van der Waals surface area contributed by atoms with Crippen LogP contribution in [0.25, 0.3) is 0 Å². The van der Waals surface area contributed by atoms with Gasteiger partial charge in [0.2, 0.25) is 17.7 Å². The van der Waals surface area contributed by atoms with Crippen LogP contribution in [-0.4, -0.2) is 138 Å². The summed E-state index contributed by atoms with van der Waals surface area (Å²) >= 11 is 8.26. The van der Waals surface area contributed by atoms with Crippen LogP contribution in [-0.2, 0) is 39.8 Å². The van der Waals surface area contributed by atoms with E-state index in [1.807, 2.05) is 26.8 Å². The minimum absolute atomic E-state index is 0.0184. The molecular weight excluding hydrogens is 864 g/mol. The number of carbonyl (C=O) groups excluding carboxylic acids is 5. The number of esters is 1. The van der Waals surface area contributed by atoms with Gasteiger partial charge < -0.3 is 43.9 Å². The second kappa shape index (κ2) is 23.1. The summed E-state index contributed by atoms with van der Waals surface area (Å²) in [5.74, 6) is -2.78. The molecule has 360 valence electrons. The number of rotatable bonds is 13. The molecule has 0 aliphatic carbocycles. The number of hydrogen-bond acceptors (Lipinski definition) is 12. The van der Waals surface area contributed by atoms with Crippen molar-refractivity contribution in [1.29, 1.82) is 0 Å². The molecule has 1 saturated heterocycles. The zero-order valence-electron chi connectivity index (χ0n) is 40.3. The van der Waals surface area contributed by atoms with Crippen molar-refractivity contribution in [2.75, 3.05) is 52.6 Å². The number of aliphatic hydroxyl groups is 2. The Balaban J connectivity index is 1.91. The van der Waals surface area contributed by atoms with Gasteiger partial charge in [0.1, 0.15) is 35.1 Å². The number of ether oxygens (including phenoxy) is 4. The number of carbonyl (C=O) groups is 5. The predicted octanol–water partition coefficient (Wildman–Crippen LogP) is 6.54. The largest absolute Gasteiger partial charge is 0.495 e. The van der Waals surface area contributed by atoms with Crippen LogP contribution >= 0.6 is 23.4 Å². The topological polar surface area (TPSA) is 184 Å². The normalized spacial score (nSPS) is 26.7. The zero-order chi connectivity index (χ0) is 48.5. The summed E-state index contributed by atoms with van der Waals surface area (Å²) in [6.45, 7) is 17.7. The SMILES string of the molecule is COc1cc2cc(c1Cl)N(C)C(=O)C[C@H](OC(=O)[C@H](C)N(C)C(=O)CCC(C)(C)SCC(=O)N(C)CCC(C)(C)C)[C@@H](C)[C@@H](O)[C@H](C)[C@@H]1C[C@@](O)(NC(=O)O1)[C@H](OC)/C=C/C=C(\C)C2. The van der Waals surface area contributed by atoms with Crippen molar-refractivity contribution in [3.63, 3.8) is 0 Å². The molecule has 0 aromatic heterocycles. The van der Waals surface area contributed by atoms with Crippen molar-refractivity contribution in [2.45, 2.75) is 142 Å². The third kappa shape index (κ3) is 15.1. The third-order valence-corrected chi connectivity index (χ3v) is 14.1. The maximum absolute atomic E-state index is 14.2. The van der Waals surface area contributed by atoms with Gasteiger partial charge in [0.15, 0.2) is 5.72 Å². The zero-order valence-corrected chi connectivity index (χ0v) is 41.9. The van der Waals surface area contributed by atoms with Crippen LogP contribution in [0, 0.1) is 17.3 Å². The smallest absolute Gasteiger partial charge is 0.409 e. The Morgan fingerprint density at radius 1 is 1.08 bits per heavy atom. The molecule has 1 aromatic carbocycles. The standard InChI is InChI=1S/C47H73ClN4O11S/c1-28-16-15-17-37(61-14)47(59)26-36(63-44(58)49-47)30(3)42(56)29(2)34(25-39(54)52(12)33-23-32(22-28)24-35(60-13)41(33)48)62-43(57)31(4)51(11)38(53)18-19-46(8,9)64-27-40(55)50(10)21-20-45(5,6)7/h15-17,23-24,29-31,34,36-37,42,56,59H,18-22,25-27H2,1-14H3,(H,49,58)/b17-15+,28-16+/t29-,30-,31+,34+,36+,37-,42-,47+/m1/s1. The van der Waals surface area contributed by atoms with Gasteiger partial charge in [-0.15, -0.1) is 11.8 Å². The summed E-state index contributed by atoms with van der Waals surface area (Å²) in [5.41, 5.74) is 0.203. The van der Waals surface area contributed by atoms with Crippen molar-refractivity contribution in [3.8, 4) is 5.75 Å². The number of anilines is 1. The van der Waals surface area contributed by atoms with E-state index in [9.17, 15) is 34.2 Å². The molecule has 0 radical (unpaired) electrons. The molecule has 2 aliphatic heterocycles. The highest BCUT2D eigenvalue weighted by Gasteiger charge is 2.48. The van der Waals surface area contributed by atoms with Crippen molar-refractivity contribution >= 4 is 58.8 Å². The number of hydrogen-bond donors (Lipinski definition) is 3. The quantitative estimate of drug-likeness (QED) is 0.182. The Morgan fingerprint density at radius 2 is 1.73 bits per heavy atom. The van der Waals surface area contributed by atoms with E-state index in [0.29, 0.717) is 30.8 Å². The second-order valence-electron chi connectivity index (χ2n) is 19.3. The van der Waals surface area contributed by atoms with Gasteiger partial charge >= 0.3 is 12.1 Å². The highest BCUT2D eigenvalue weighted by molar-refractivity contribution is 8.01. The first-order valence-electron chi connectivity index (χ1n) is 21.9. The summed E-state index contributed by atoms with van der Waals surface area (Å²) in [6, 6.07) is 2.45. The van der Waals surface area contributed by atoms with E-state index >= 15 is 0 Å². The van der Waals surface area contributed by atoms with Crippen LogP contribution in [0.3, 0.4) is 0 Å². The first-order valence-corrected chi connectivity index (χ1v) is 23.2. The number of benzene rings is 1. The van der Waals surface area contributed by atoms with Gasteiger partial charge in [-0.25, -0.2) is 9.59 Å². The van der Waals surface area contributed by atoms with E-state index in [1.165, 1.54) is 49.8 Å². The van der Waals surface area contributed by atoms with Crippen molar-refractivity contribution in [1.82, 2.24) is 15.1 Å². The van der Waals surface area contributed by atoms with Crippen LogP contribution in [0.5, 0.6) is 5.75 Å². The van der Waals surface area contributed by atoms with Crippen LogP contribution in [0.4, 0.5) is 10.5 Å². The number of methoxy groups -OCH3 is 2. The Hall–Kier alpha value is -3.83. The average Bonchev–Trinajstić information content (AvgIpc) is 3.22. The van der Waals surface area contributed by atoms with Crippen LogP contribution in [0.1, 0.15) is 100.0 Å². The van der Waals surface area contributed by atoms with Gasteiger partial charge in [0.05, 0.1) is 31.1 Å². The van der Waals surface area contributed by atoms with Gasteiger partial charge in [0.25, 0.3) is 0 Å². The monoisotopic (exact) mass is 936 g/mol. The first-order chi connectivity index (χ1) is 29.6.